The molecule has 0 aliphatic carbocycles. The van der Waals surface area contributed by atoms with Gasteiger partial charge >= 0.3 is 5.97 Å². The van der Waals surface area contributed by atoms with Crippen LogP contribution in [0, 0.1) is 0 Å². The van der Waals surface area contributed by atoms with Crippen molar-refractivity contribution in [2.24, 2.45) is 0 Å². The fourth-order valence-corrected chi connectivity index (χ4v) is 1.14. The van der Waals surface area contributed by atoms with Gasteiger partial charge in [0.05, 0.1) is 12.0 Å². The zero-order chi connectivity index (χ0) is 11.3. The van der Waals surface area contributed by atoms with Gasteiger partial charge in [0.1, 0.15) is 6.61 Å². The van der Waals surface area contributed by atoms with E-state index in [2.05, 4.69) is 0 Å². The largest absolute Gasteiger partial charge is 0.461 e. The van der Waals surface area contributed by atoms with E-state index in [-0.39, 0.29) is 19.0 Å². The van der Waals surface area contributed by atoms with Crippen LogP contribution in [0.4, 0.5) is 0 Å². The zero-order valence-electron chi connectivity index (χ0n) is 9.06. The molecule has 0 aliphatic heterocycles. The van der Waals surface area contributed by atoms with E-state index in [4.69, 9.17) is 4.74 Å². The molecule has 1 N–H and O–H groups in total. The molecule has 0 fully saturated rings. The summed E-state index contributed by atoms with van der Waals surface area (Å²) in [5, 5.41) is 9.38. The van der Waals surface area contributed by atoms with Crippen molar-refractivity contribution in [2.45, 2.75) is 32.5 Å². The van der Waals surface area contributed by atoms with Crippen LogP contribution in [0.25, 0.3) is 0 Å². The third kappa shape index (κ3) is 5.18. The number of hydrogen-bond donors (Lipinski definition) is 1. The minimum Gasteiger partial charge on any atom is -0.461 e. The number of carbonyl (C=O) groups excluding carboxylic acids is 1. The van der Waals surface area contributed by atoms with Crippen molar-refractivity contribution in [3.8, 4) is 0 Å². The molecule has 0 unspecified atom stereocenters. The summed E-state index contributed by atoms with van der Waals surface area (Å²) >= 11 is 0. The second-order valence-electron chi connectivity index (χ2n) is 4.14. The molecule has 0 bridgehead atoms. The van der Waals surface area contributed by atoms with Gasteiger partial charge in [-0.25, -0.2) is 0 Å². The van der Waals surface area contributed by atoms with E-state index in [0.29, 0.717) is 0 Å². The van der Waals surface area contributed by atoms with Crippen LogP contribution in [0.5, 0.6) is 0 Å². The maximum absolute atomic E-state index is 11.2. The van der Waals surface area contributed by atoms with Crippen LogP contribution in [-0.4, -0.2) is 16.7 Å². The van der Waals surface area contributed by atoms with Gasteiger partial charge in [-0.15, -0.1) is 0 Å². The summed E-state index contributed by atoms with van der Waals surface area (Å²) < 4.78 is 5.01. The van der Waals surface area contributed by atoms with E-state index in [1.165, 1.54) is 0 Å². The lowest BCUT2D eigenvalue weighted by Gasteiger charge is -2.15. The van der Waals surface area contributed by atoms with Gasteiger partial charge in [-0.3, -0.25) is 4.79 Å². The van der Waals surface area contributed by atoms with Crippen molar-refractivity contribution in [1.82, 2.24) is 0 Å². The Morgan fingerprint density at radius 2 is 1.93 bits per heavy atom. The van der Waals surface area contributed by atoms with Crippen LogP contribution in [0.3, 0.4) is 0 Å². The van der Waals surface area contributed by atoms with E-state index in [9.17, 15) is 9.90 Å². The molecule has 0 heterocycles. The summed E-state index contributed by atoms with van der Waals surface area (Å²) in [6, 6.07) is 9.45. The monoisotopic (exact) mass is 208 g/mol. The molecule has 3 nitrogen and oxygen atoms in total. The lowest BCUT2D eigenvalue weighted by molar-refractivity contribution is -0.149. The highest BCUT2D eigenvalue weighted by atomic mass is 16.5. The van der Waals surface area contributed by atoms with Crippen molar-refractivity contribution in [3.05, 3.63) is 35.9 Å². The molecule has 0 spiro atoms. The van der Waals surface area contributed by atoms with Gasteiger partial charge in [0.25, 0.3) is 0 Å². The number of aliphatic hydroxyl groups is 1. The van der Waals surface area contributed by atoms with E-state index >= 15 is 0 Å². The molecule has 1 aromatic carbocycles. The Labute approximate surface area is 89.7 Å². The standard InChI is InChI=1S/C12H16O3/c1-12(2,14)8-11(13)15-9-10-6-4-3-5-7-10/h3-7,14H,8-9H2,1-2H3. The molecule has 0 amide bonds. The molecular formula is C12H16O3. The first-order valence-corrected chi connectivity index (χ1v) is 4.89. The molecule has 15 heavy (non-hydrogen) atoms. The number of benzene rings is 1. The zero-order valence-corrected chi connectivity index (χ0v) is 9.06. The summed E-state index contributed by atoms with van der Waals surface area (Å²) in [6.07, 6.45) is 0.0137. The van der Waals surface area contributed by atoms with E-state index < -0.39 is 5.60 Å². The number of rotatable bonds is 4. The molecule has 0 saturated heterocycles. The first kappa shape index (κ1) is 11.7. The summed E-state index contributed by atoms with van der Waals surface area (Å²) in [6.45, 7) is 3.42. The Kier molecular flexibility index (Phi) is 3.86. The topological polar surface area (TPSA) is 46.5 Å². The van der Waals surface area contributed by atoms with Crippen LogP contribution < -0.4 is 0 Å². The predicted molar refractivity (Wildman–Crippen MR) is 57.2 cm³/mol. The highest BCUT2D eigenvalue weighted by Crippen LogP contribution is 2.09. The second-order valence-corrected chi connectivity index (χ2v) is 4.14. The lowest BCUT2D eigenvalue weighted by Crippen LogP contribution is -2.24. The van der Waals surface area contributed by atoms with Gasteiger partial charge in [-0.05, 0) is 19.4 Å². The van der Waals surface area contributed by atoms with Gasteiger partial charge in [-0.2, -0.15) is 0 Å². The molecule has 0 saturated carbocycles. The number of hydrogen-bond acceptors (Lipinski definition) is 3. The van der Waals surface area contributed by atoms with Crippen LogP contribution in [0.2, 0.25) is 0 Å². The number of esters is 1. The van der Waals surface area contributed by atoms with Gasteiger partial charge in [-0.1, -0.05) is 30.3 Å². The molecule has 1 rings (SSSR count). The summed E-state index contributed by atoms with van der Waals surface area (Å²) in [4.78, 5) is 11.2. The first-order valence-electron chi connectivity index (χ1n) is 4.89. The quantitative estimate of drug-likeness (QED) is 0.768. The summed E-state index contributed by atoms with van der Waals surface area (Å²) in [5.41, 5.74) is -0.0603. The molecule has 82 valence electrons. The van der Waals surface area contributed by atoms with Crippen molar-refractivity contribution < 1.29 is 14.6 Å². The fourth-order valence-electron chi connectivity index (χ4n) is 1.14. The molecule has 3 heteroatoms. The molecule has 0 aromatic heterocycles. The Morgan fingerprint density at radius 3 is 2.47 bits per heavy atom. The molecule has 0 atom stereocenters. The van der Waals surface area contributed by atoms with Crippen molar-refractivity contribution in [2.75, 3.05) is 0 Å². The molecular weight excluding hydrogens is 192 g/mol. The van der Waals surface area contributed by atoms with Gasteiger partial charge in [0.15, 0.2) is 0 Å². The van der Waals surface area contributed by atoms with Crippen LogP contribution in [0.15, 0.2) is 30.3 Å². The van der Waals surface area contributed by atoms with Crippen molar-refractivity contribution in [1.29, 1.82) is 0 Å². The maximum Gasteiger partial charge on any atom is 0.309 e. The van der Waals surface area contributed by atoms with E-state index in [1.54, 1.807) is 13.8 Å². The van der Waals surface area contributed by atoms with Crippen LogP contribution in [0.1, 0.15) is 25.8 Å². The Hall–Kier alpha value is -1.35. The van der Waals surface area contributed by atoms with Crippen molar-refractivity contribution in [3.63, 3.8) is 0 Å². The Balaban J connectivity index is 2.35. The van der Waals surface area contributed by atoms with Crippen LogP contribution >= 0.6 is 0 Å². The first-order chi connectivity index (χ1) is 6.97. The smallest absolute Gasteiger partial charge is 0.309 e. The third-order valence-electron chi connectivity index (χ3n) is 1.82. The maximum atomic E-state index is 11.2. The normalized spacial score (nSPS) is 11.1. The third-order valence-corrected chi connectivity index (χ3v) is 1.82. The Morgan fingerprint density at radius 1 is 1.33 bits per heavy atom. The Bertz CT molecular complexity index is 311. The predicted octanol–water partition coefficient (Wildman–Crippen LogP) is 1.89. The highest BCUT2D eigenvalue weighted by molar-refractivity contribution is 5.70. The van der Waals surface area contributed by atoms with E-state index in [0.717, 1.165) is 5.56 Å². The lowest BCUT2D eigenvalue weighted by atomic mass is 10.1. The van der Waals surface area contributed by atoms with Crippen molar-refractivity contribution >= 4 is 5.97 Å². The molecule has 1 aromatic rings. The van der Waals surface area contributed by atoms with E-state index in [1.807, 2.05) is 30.3 Å². The number of carbonyl (C=O) groups is 1. The second kappa shape index (κ2) is 4.94. The summed E-state index contributed by atoms with van der Waals surface area (Å²) in [7, 11) is 0. The van der Waals surface area contributed by atoms with Gasteiger partial charge < -0.3 is 9.84 Å². The molecule has 0 radical (unpaired) electrons. The average Bonchev–Trinajstić information content (AvgIpc) is 2.14. The number of ether oxygens (including phenoxy) is 1. The SMILES string of the molecule is CC(C)(O)CC(=O)OCc1ccccc1. The van der Waals surface area contributed by atoms with Gasteiger partial charge in [0.2, 0.25) is 0 Å². The summed E-state index contributed by atoms with van der Waals surface area (Å²) in [5.74, 6) is -0.383. The van der Waals surface area contributed by atoms with Gasteiger partial charge in [0, 0.05) is 0 Å². The van der Waals surface area contributed by atoms with Crippen LogP contribution in [-0.2, 0) is 16.1 Å². The molecule has 0 aliphatic rings. The average molecular weight is 208 g/mol. The fraction of sp³-hybridized carbons (Fsp3) is 0.417. The minimum absolute atomic E-state index is 0.0137. The minimum atomic E-state index is -1.01. The highest BCUT2D eigenvalue weighted by Gasteiger charge is 2.18.